The first kappa shape index (κ1) is 16.8. The normalized spacial score (nSPS) is 10.8. The van der Waals surface area contributed by atoms with Gasteiger partial charge in [0.15, 0.2) is 5.69 Å². The summed E-state index contributed by atoms with van der Waals surface area (Å²) in [5, 5.41) is 11.5. The Bertz CT molecular complexity index is 956. The fourth-order valence-electron chi connectivity index (χ4n) is 2.69. The number of hydrogen-bond donors (Lipinski definition) is 2. The van der Waals surface area contributed by atoms with Crippen LogP contribution in [-0.2, 0) is 0 Å². The zero-order valence-corrected chi connectivity index (χ0v) is 14.1. The smallest absolute Gasteiger partial charge is 0.273 e. The number of hydrogen-bond acceptors (Lipinski definition) is 4. The molecule has 1 heterocycles. The molecule has 0 saturated carbocycles. The fraction of sp³-hybridized carbons (Fsp3) is 0.211. The highest BCUT2D eigenvalue weighted by atomic mass is 19.1. The van der Waals surface area contributed by atoms with Gasteiger partial charge in [-0.1, -0.05) is 19.1 Å². The molecule has 0 spiro atoms. The third-order valence-corrected chi connectivity index (χ3v) is 4.06. The van der Waals surface area contributed by atoms with Crippen LogP contribution in [0.2, 0.25) is 0 Å². The molecule has 3 N–H and O–H groups in total. The Labute approximate surface area is 145 Å². The molecular weight excluding hydrogens is 319 g/mol. The van der Waals surface area contributed by atoms with Gasteiger partial charge in [-0.05, 0) is 54.3 Å². The van der Waals surface area contributed by atoms with Crippen LogP contribution >= 0.6 is 0 Å². The molecule has 25 heavy (non-hydrogen) atoms. The summed E-state index contributed by atoms with van der Waals surface area (Å²) in [7, 11) is 0. The summed E-state index contributed by atoms with van der Waals surface area (Å²) < 4.78 is 13.6. The van der Waals surface area contributed by atoms with Crippen molar-refractivity contribution in [2.45, 2.75) is 20.3 Å². The maximum atomic E-state index is 13.6. The number of nitrogens with zero attached hydrogens (tertiary/aromatic N) is 2. The molecule has 0 unspecified atom stereocenters. The van der Waals surface area contributed by atoms with E-state index < -0.39 is 0 Å². The van der Waals surface area contributed by atoms with E-state index in [1.165, 1.54) is 12.1 Å². The second-order valence-corrected chi connectivity index (χ2v) is 5.91. The molecule has 0 radical (unpaired) electrons. The lowest BCUT2D eigenvalue weighted by molar-refractivity contribution is 0.0949. The molecule has 6 heteroatoms. The molecule has 0 bridgehead atoms. The van der Waals surface area contributed by atoms with E-state index in [1.54, 1.807) is 18.2 Å². The van der Waals surface area contributed by atoms with Crippen LogP contribution in [0.4, 0.5) is 10.1 Å². The average Bonchev–Trinajstić information content (AvgIpc) is 2.61. The quantitative estimate of drug-likeness (QED) is 0.763. The lowest BCUT2D eigenvalue weighted by Gasteiger charge is -2.10. The number of amides is 1. The van der Waals surface area contributed by atoms with Gasteiger partial charge in [-0.2, -0.15) is 0 Å². The molecule has 0 aliphatic carbocycles. The van der Waals surface area contributed by atoms with Gasteiger partial charge < -0.3 is 11.1 Å². The molecule has 1 aromatic heterocycles. The second-order valence-electron chi connectivity index (χ2n) is 5.91. The van der Waals surface area contributed by atoms with Gasteiger partial charge in [0.05, 0.1) is 11.2 Å². The van der Waals surface area contributed by atoms with Crippen molar-refractivity contribution in [2.75, 3.05) is 12.3 Å². The van der Waals surface area contributed by atoms with E-state index in [4.69, 9.17) is 5.73 Å². The molecule has 0 atom stereocenters. The number of nitrogen functional groups attached to an aromatic ring is 1. The largest absolute Gasteiger partial charge is 0.396 e. The Morgan fingerprint density at radius 1 is 1.20 bits per heavy atom. The first-order chi connectivity index (χ1) is 12.0. The minimum atomic E-state index is -0.334. The summed E-state index contributed by atoms with van der Waals surface area (Å²) in [5.41, 5.74) is 9.65. The molecule has 0 aliphatic rings. The standard InChI is InChI=1S/C19H19FN4O/c1-3-8-22-19(25)18-17(21)14-7-5-12(9-16(14)23-24-18)15-10-13(20)6-4-11(15)2/h4-7,9-10H,3,8H2,1-2H3,(H2,21,23)(H,22,25). The maximum absolute atomic E-state index is 13.6. The van der Waals surface area contributed by atoms with Crippen molar-refractivity contribution in [2.24, 2.45) is 0 Å². The van der Waals surface area contributed by atoms with Gasteiger partial charge in [0.1, 0.15) is 5.82 Å². The van der Waals surface area contributed by atoms with Crippen LogP contribution in [0.15, 0.2) is 36.4 Å². The minimum Gasteiger partial charge on any atom is -0.396 e. The Morgan fingerprint density at radius 3 is 2.76 bits per heavy atom. The Hall–Kier alpha value is -3.02. The number of anilines is 1. The number of aryl methyl sites for hydroxylation is 1. The van der Waals surface area contributed by atoms with E-state index in [-0.39, 0.29) is 17.4 Å². The molecule has 0 aliphatic heterocycles. The van der Waals surface area contributed by atoms with Gasteiger partial charge in [-0.25, -0.2) is 4.39 Å². The Balaban J connectivity index is 2.05. The first-order valence-corrected chi connectivity index (χ1v) is 8.12. The Morgan fingerprint density at radius 2 is 2.00 bits per heavy atom. The van der Waals surface area contributed by atoms with Crippen molar-refractivity contribution in [3.05, 3.63) is 53.5 Å². The van der Waals surface area contributed by atoms with Gasteiger partial charge >= 0.3 is 0 Å². The lowest BCUT2D eigenvalue weighted by atomic mass is 9.99. The van der Waals surface area contributed by atoms with Crippen LogP contribution < -0.4 is 11.1 Å². The Kier molecular flexibility index (Phi) is 4.61. The van der Waals surface area contributed by atoms with Gasteiger partial charge in [-0.15, -0.1) is 10.2 Å². The van der Waals surface area contributed by atoms with Crippen LogP contribution in [0.5, 0.6) is 0 Å². The summed E-state index contributed by atoms with van der Waals surface area (Å²) in [6.07, 6.45) is 0.822. The number of halogens is 1. The number of carbonyl (C=O) groups is 1. The zero-order valence-electron chi connectivity index (χ0n) is 14.1. The molecule has 3 rings (SSSR count). The van der Waals surface area contributed by atoms with Crippen LogP contribution in [0.1, 0.15) is 29.4 Å². The molecule has 2 aromatic carbocycles. The number of benzene rings is 2. The fourth-order valence-corrected chi connectivity index (χ4v) is 2.69. The van der Waals surface area contributed by atoms with E-state index in [1.807, 2.05) is 19.9 Å². The van der Waals surface area contributed by atoms with Gasteiger partial charge in [0, 0.05) is 11.9 Å². The number of rotatable bonds is 4. The number of nitrogens with two attached hydrogens (primary N) is 1. The highest BCUT2D eigenvalue weighted by Crippen LogP contribution is 2.29. The third kappa shape index (κ3) is 3.28. The van der Waals surface area contributed by atoms with E-state index in [9.17, 15) is 9.18 Å². The monoisotopic (exact) mass is 338 g/mol. The average molecular weight is 338 g/mol. The van der Waals surface area contributed by atoms with Gasteiger partial charge in [0.2, 0.25) is 0 Å². The highest BCUT2D eigenvalue weighted by molar-refractivity contribution is 6.05. The molecule has 0 fully saturated rings. The topological polar surface area (TPSA) is 80.9 Å². The predicted molar refractivity (Wildman–Crippen MR) is 96.7 cm³/mol. The first-order valence-electron chi connectivity index (χ1n) is 8.12. The highest BCUT2D eigenvalue weighted by Gasteiger charge is 2.15. The summed E-state index contributed by atoms with van der Waals surface area (Å²) in [4.78, 5) is 12.1. The number of aromatic nitrogens is 2. The maximum Gasteiger partial charge on any atom is 0.273 e. The van der Waals surface area contributed by atoms with Crippen molar-refractivity contribution >= 4 is 22.5 Å². The van der Waals surface area contributed by atoms with Crippen LogP contribution in [0, 0.1) is 12.7 Å². The van der Waals surface area contributed by atoms with E-state index in [0.29, 0.717) is 23.1 Å². The summed E-state index contributed by atoms with van der Waals surface area (Å²) in [5.74, 6) is -0.631. The summed E-state index contributed by atoms with van der Waals surface area (Å²) in [6, 6.07) is 10.1. The molecule has 5 nitrogen and oxygen atoms in total. The van der Waals surface area contributed by atoms with Crippen LogP contribution in [-0.4, -0.2) is 22.6 Å². The lowest BCUT2D eigenvalue weighted by Crippen LogP contribution is -2.26. The summed E-state index contributed by atoms with van der Waals surface area (Å²) >= 11 is 0. The summed E-state index contributed by atoms with van der Waals surface area (Å²) in [6.45, 7) is 4.43. The van der Waals surface area contributed by atoms with Crippen LogP contribution in [0.25, 0.3) is 22.0 Å². The van der Waals surface area contributed by atoms with E-state index in [2.05, 4.69) is 15.5 Å². The van der Waals surface area contributed by atoms with E-state index >= 15 is 0 Å². The van der Waals surface area contributed by atoms with Crippen LogP contribution in [0.3, 0.4) is 0 Å². The van der Waals surface area contributed by atoms with Gasteiger partial charge in [0.25, 0.3) is 5.91 Å². The zero-order chi connectivity index (χ0) is 18.0. The van der Waals surface area contributed by atoms with Crippen molar-refractivity contribution in [3.63, 3.8) is 0 Å². The predicted octanol–water partition coefficient (Wildman–Crippen LogP) is 3.47. The van der Waals surface area contributed by atoms with Gasteiger partial charge in [-0.3, -0.25) is 4.79 Å². The molecular formula is C19H19FN4O. The molecule has 3 aromatic rings. The van der Waals surface area contributed by atoms with Crippen molar-refractivity contribution in [3.8, 4) is 11.1 Å². The van der Waals surface area contributed by atoms with Crippen molar-refractivity contribution in [1.29, 1.82) is 0 Å². The minimum absolute atomic E-state index is 0.121. The second kappa shape index (κ2) is 6.84. The SMILES string of the molecule is CCCNC(=O)c1nnc2cc(-c3cc(F)ccc3C)ccc2c1N. The van der Waals surface area contributed by atoms with E-state index in [0.717, 1.165) is 23.1 Å². The number of nitrogens with one attached hydrogen (secondary N) is 1. The van der Waals surface area contributed by atoms with Crippen molar-refractivity contribution < 1.29 is 9.18 Å². The molecule has 0 saturated heterocycles. The third-order valence-electron chi connectivity index (χ3n) is 4.06. The number of carbonyl (C=O) groups excluding carboxylic acids is 1. The van der Waals surface area contributed by atoms with Crippen molar-refractivity contribution in [1.82, 2.24) is 15.5 Å². The molecule has 128 valence electrons. The molecule has 1 amide bonds. The number of fused-ring (bicyclic) bond motifs is 1.